The van der Waals surface area contributed by atoms with Crippen molar-refractivity contribution in [3.8, 4) is 6.07 Å². The number of nitrogens with zero attached hydrogens (tertiary/aromatic N) is 1. The van der Waals surface area contributed by atoms with Gasteiger partial charge in [0.1, 0.15) is 0 Å². The Labute approximate surface area is 108 Å². The van der Waals surface area contributed by atoms with Crippen LogP contribution >= 0.6 is 0 Å². The lowest BCUT2D eigenvalue weighted by molar-refractivity contribution is 0.281. The van der Waals surface area contributed by atoms with E-state index in [0.29, 0.717) is 0 Å². The van der Waals surface area contributed by atoms with E-state index in [9.17, 15) is 10.4 Å². The fraction of sp³-hybridized carbons (Fsp3) is 0.400. The highest BCUT2D eigenvalue weighted by atomic mass is 16.3. The van der Waals surface area contributed by atoms with Crippen LogP contribution in [0.15, 0.2) is 30.0 Å². The summed E-state index contributed by atoms with van der Waals surface area (Å²) in [7, 11) is 0. The predicted octanol–water partition coefficient (Wildman–Crippen LogP) is 3.29. The van der Waals surface area contributed by atoms with Crippen LogP contribution in [0, 0.1) is 11.3 Å². The van der Waals surface area contributed by atoms with Crippen molar-refractivity contribution in [2.75, 3.05) is 5.32 Å². The molecule has 2 N–H and O–H groups in total. The zero-order valence-corrected chi connectivity index (χ0v) is 10.6. The highest BCUT2D eigenvalue weighted by molar-refractivity contribution is 5.63. The third kappa shape index (κ3) is 2.39. The fourth-order valence-corrected chi connectivity index (χ4v) is 2.38. The van der Waals surface area contributed by atoms with E-state index in [1.54, 1.807) is 6.20 Å². The van der Waals surface area contributed by atoms with Crippen molar-refractivity contribution in [1.82, 2.24) is 0 Å². The SMILES string of the molecule is CCCCC1C(C#N)=CNc2ccc(CO)cc21. The van der Waals surface area contributed by atoms with Crippen LogP contribution in [0.4, 0.5) is 5.69 Å². The number of fused-ring (bicyclic) bond motifs is 1. The molecule has 0 fully saturated rings. The Morgan fingerprint density at radius 3 is 2.94 bits per heavy atom. The van der Waals surface area contributed by atoms with Gasteiger partial charge in [-0.1, -0.05) is 31.9 Å². The Balaban J connectivity index is 2.37. The molecule has 0 saturated carbocycles. The van der Waals surface area contributed by atoms with Crippen molar-refractivity contribution in [2.45, 2.75) is 38.7 Å². The smallest absolute Gasteiger partial charge is 0.0968 e. The first-order valence-corrected chi connectivity index (χ1v) is 6.40. The van der Waals surface area contributed by atoms with Gasteiger partial charge in [0.05, 0.1) is 18.2 Å². The topological polar surface area (TPSA) is 56.0 Å². The van der Waals surface area contributed by atoms with Crippen molar-refractivity contribution >= 4 is 5.69 Å². The number of nitriles is 1. The number of hydrogen-bond donors (Lipinski definition) is 2. The number of aliphatic hydroxyl groups is 1. The molecular formula is C15H18N2O. The fourth-order valence-electron chi connectivity index (χ4n) is 2.38. The molecule has 0 aromatic heterocycles. The summed E-state index contributed by atoms with van der Waals surface area (Å²) in [6, 6.07) is 8.17. The molecule has 1 aliphatic heterocycles. The van der Waals surface area contributed by atoms with Crippen molar-refractivity contribution < 1.29 is 5.11 Å². The number of hydrogen-bond acceptors (Lipinski definition) is 3. The molecule has 18 heavy (non-hydrogen) atoms. The van der Waals surface area contributed by atoms with Gasteiger partial charge in [0.15, 0.2) is 0 Å². The predicted molar refractivity (Wildman–Crippen MR) is 71.9 cm³/mol. The molecule has 0 radical (unpaired) electrons. The molecule has 3 heteroatoms. The summed E-state index contributed by atoms with van der Waals surface area (Å²) in [4.78, 5) is 0. The van der Waals surface area contributed by atoms with Crippen molar-refractivity contribution in [3.05, 3.63) is 41.1 Å². The van der Waals surface area contributed by atoms with Gasteiger partial charge in [-0.3, -0.25) is 0 Å². The Bertz CT molecular complexity index is 500. The quantitative estimate of drug-likeness (QED) is 0.851. The van der Waals surface area contributed by atoms with E-state index < -0.39 is 0 Å². The van der Waals surface area contributed by atoms with E-state index in [0.717, 1.165) is 41.6 Å². The summed E-state index contributed by atoms with van der Waals surface area (Å²) in [5.74, 6) is 0.165. The second-order valence-electron chi connectivity index (χ2n) is 4.63. The number of benzene rings is 1. The first kappa shape index (κ1) is 12.7. The molecule has 1 heterocycles. The summed E-state index contributed by atoms with van der Waals surface area (Å²) in [6.45, 7) is 2.20. The van der Waals surface area contributed by atoms with Crippen molar-refractivity contribution in [1.29, 1.82) is 5.26 Å². The van der Waals surface area contributed by atoms with Crippen LogP contribution in [-0.4, -0.2) is 5.11 Å². The average Bonchev–Trinajstić information content (AvgIpc) is 2.43. The summed E-state index contributed by atoms with van der Waals surface area (Å²) >= 11 is 0. The molecule has 1 unspecified atom stereocenters. The van der Waals surface area contributed by atoms with Crippen LogP contribution in [0.5, 0.6) is 0 Å². The lowest BCUT2D eigenvalue weighted by Crippen LogP contribution is -2.12. The summed E-state index contributed by atoms with van der Waals surface area (Å²) in [6.07, 6.45) is 5.02. The van der Waals surface area contributed by atoms with Gasteiger partial charge in [0.2, 0.25) is 0 Å². The highest BCUT2D eigenvalue weighted by Crippen LogP contribution is 2.38. The third-order valence-corrected chi connectivity index (χ3v) is 3.41. The van der Waals surface area contributed by atoms with Gasteiger partial charge in [0, 0.05) is 17.8 Å². The first-order valence-electron chi connectivity index (χ1n) is 6.40. The second-order valence-corrected chi connectivity index (χ2v) is 4.63. The lowest BCUT2D eigenvalue weighted by atomic mass is 9.84. The number of aliphatic hydroxyl groups excluding tert-OH is 1. The number of nitrogens with one attached hydrogen (secondary N) is 1. The summed E-state index contributed by atoms with van der Waals surface area (Å²) < 4.78 is 0. The minimum atomic E-state index is 0.0411. The third-order valence-electron chi connectivity index (χ3n) is 3.41. The lowest BCUT2D eigenvalue weighted by Gasteiger charge is -2.25. The molecule has 0 amide bonds. The molecule has 1 aliphatic rings. The number of unbranched alkanes of at least 4 members (excludes halogenated alkanes) is 1. The molecule has 94 valence electrons. The van der Waals surface area contributed by atoms with E-state index in [4.69, 9.17) is 0 Å². The van der Waals surface area contributed by atoms with Crippen molar-refractivity contribution in [3.63, 3.8) is 0 Å². The monoisotopic (exact) mass is 242 g/mol. The minimum Gasteiger partial charge on any atom is -0.392 e. The van der Waals surface area contributed by atoms with Gasteiger partial charge in [-0.15, -0.1) is 0 Å². The molecule has 0 spiro atoms. The average molecular weight is 242 g/mol. The molecule has 0 saturated heterocycles. The molecule has 0 aliphatic carbocycles. The number of rotatable bonds is 4. The van der Waals surface area contributed by atoms with E-state index in [2.05, 4.69) is 18.3 Å². The maximum Gasteiger partial charge on any atom is 0.0968 e. The number of anilines is 1. The van der Waals surface area contributed by atoms with Crippen LogP contribution in [0.25, 0.3) is 0 Å². The van der Waals surface area contributed by atoms with Crippen LogP contribution in [0.2, 0.25) is 0 Å². The van der Waals surface area contributed by atoms with Gasteiger partial charge < -0.3 is 10.4 Å². The molecule has 3 nitrogen and oxygen atoms in total. The van der Waals surface area contributed by atoms with Crippen LogP contribution in [0.1, 0.15) is 43.2 Å². The maximum atomic E-state index is 9.22. The van der Waals surface area contributed by atoms with Crippen LogP contribution < -0.4 is 5.32 Å². The molecule has 1 aromatic carbocycles. The molecule has 1 atom stereocenters. The standard InChI is InChI=1S/C15H18N2O/c1-2-3-4-13-12(8-16)9-17-15-6-5-11(10-18)7-14(13)15/h5-7,9,13,17-18H,2-4,10H2,1H3. The Hall–Kier alpha value is -1.79. The Morgan fingerprint density at radius 2 is 2.28 bits per heavy atom. The maximum absolute atomic E-state index is 9.22. The Morgan fingerprint density at radius 1 is 1.44 bits per heavy atom. The zero-order valence-electron chi connectivity index (χ0n) is 10.6. The van der Waals surface area contributed by atoms with Crippen LogP contribution in [0.3, 0.4) is 0 Å². The molecule has 1 aromatic rings. The van der Waals surface area contributed by atoms with E-state index in [1.807, 2.05) is 18.2 Å². The van der Waals surface area contributed by atoms with E-state index in [1.165, 1.54) is 0 Å². The Kier molecular flexibility index (Phi) is 4.01. The largest absolute Gasteiger partial charge is 0.392 e. The first-order chi connectivity index (χ1) is 8.80. The van der Waals surface area contributed by atoms with Gasteiger partial charge >= 0.3 is 0 Å². The highest BCUT2D eigenvalue weighted by Gasteiger charge is 2.23. The minimum absolute atomic E-state index is 0.0411. The number of allylic oxidation sites excluding steroid dienone is 1. The van der Waals surface area contributed by atoms with Crippen LogP contribution in [-0.2, 0) is 6.61 Å². The van der Waals surface area contributed by atoms with Gasteiger partial charge in [-0.2, -0.15) is 5.26 Å². The zero-order chi connectivity index (χ0) is 13.0. The van der Waals surface area contributed by atoms with Gasteiger partial charge in [-0.05, 0) is 23.6 Å². The molecule has 0 bridgehead atoms. The van der Waals surface area contributed by atoms with Gasteiger partial charge in [0.25, 0.3) is 0 Å². The second kappa shape index (κ2) is 5.70. The summed E-state index contributed by atoms with van der Waals surface area (Å²) in [5, 5.41) is 21.6. The molecule has 2 rings (SSSR count). The van der Waals surface area contributed by atoms with E-state index >= 15 is 0 Å². The summed E-state index contributed by atoms with van der Waals surface area (Å²) in [5.41, 5.74) is 3.86. The normalized spacial score (nSPS) is 17.4. The van der Waals surface area contributed by atoms with E-state index in [-0.39, 0.29) is 12.5 Å². The van der Waals surface area contributed by atoms with Crippen molar-refractivity contribution in [2.24, 2.45) is 0 Å². The van der Waals surface area contributed by atoms with Gasteiger partial charge in [-0.25, -0.2) is 0 Å². The molecular weight excluding hydrogens is 224 g/mol.